The standard InChI is InChI=1S/C14H21N3O2/c1-17(12-6-4-8-15-9-12)10-11-5-3-7-13(16-11)14(18)19-2/h3,5,7,12,15H,4,6,8-10H2,1-2H3. The van der Waals surface area contributed by atoms with Crippen molar-refractivity contribution < 1.29 is 9.53 Å². The van der Waals surface area contributed by atoms with Crippen LogP contribution in [0.3, 0.4) is 0 Å². The molecule has 5 heteroatoms. The number of hydrogen-bond donors (Lipinski definition) is 1. The van der Waals surface area contributed by atoms with Gasteiger partial charge in [0.25, 0.3) is 0 Å². The Bertz CT molecular complexity index is 430. The summed E-state index contributed by atoms with van der Waals surface area (Å²) in [6.45, 7) is 2.88. The monoisotopic (exact) mass is 263 g/mol. The molecule has 5 nitrogen and oxygen atoms in total. The quantitative estimate of drug-likeness (QED) is 0.823. The summed E-state index contributed by atoms with van der Waals surface area (Å²) in [6, 6.07) is 6.01. The lowest BCUT2D eigenvalue weighted by molar-refractivity contribution is 0.0593. The third-order valence-electron chi connectivity index (χ3n) is 3.51. The lowest BCUT2D eigenvalue weighted by Gasteiger charge is -2.31. The van der Waals surface area contributed by atoms with Crippen molar-refractivity contribution in [3.05, 3.63) is 29.6 Å². The first-order valence-corrected chi connectivity index (χ1v) is 6.66. The van der Waals surface area contributed by atoms with Crippen molar-refractivity contribution in [1.82, 2.24) is 15.2 Å². The van der Waals surface area contributed by atoms with E-state index in [1.165, 1.54) is 20.0 Å². The summed E-state index contributed by atoms with van der Waals surface area (Å²) >= 11 is 0. The molecule has 1 N–H and O–H groups in total. The molecule has 0 saturated carbocycles. The van der Waals surface area contributed by atoms with Crippen molar-refractivity contribution in [2.75, 3.05) is 27.2 Å². The Hall–Kier alpha value is -1.46. The third-order valence-corrected chi connectivity index (χ3v) is 3.51. The van der Waals surface area contributed by atoms with Crippen LogP contribution < -0.4 is 5.32 Å². The molecular formula is C14H21N3O2. The Morgan fingerprint density at radius 2 is 2.42 bits per heavy atom. The van der Waals surface area contributed by atoms with Crippen LogP contribution in [-0.2, 0) is 11.3 Å². The van der Waals surface area contributed by atoms with E-state index in [1.54, 1.807) is 6.07 Å². The van der Waals surface area contributed by atoms with Crippen molar-refractivity contribution >= 4 is 5.97 Å². The Balaban J connectivity index is 1.99. The van der Waals surface area contributed by atoms with Gasteiger partial charge in [0.2, 0.25) is 0 Å². The number of carbonyl (C=O) groups is 1. The van der Waals surface area contributed by atoms with Crippen molar-refractivity contribution in [1.29, 1.82) is 0 Å². The maximum Gasteiger partial charge on any atom is 0.356 e. The molecule has 2 rings (SSSR count). The number of hydrogen-bond acceptors (Lipinski definition) is 5. The van der Waals surface area contributed by atoms with Crippen LogP contribution in [0.1, 0.15) is 29.0 Å². The highest BCUT2D eigenvalue weighted by Crippen LogP contribution is 2.12. The van der Waals surface area contributed by atoms with Crippen LogP contribution in [0.2, 0.25) is 0 Å². The van der Waals surface area contributed by atoms with Gasteiger partial charge in [-0.2, -0.15) is 0 Å². The summed E-state index contributed by atoms with van der Waals surface area (Å²) in [5.74, 6) is -0.385. The van der Waals surface area contributed by atoms with Gasteiger partial charge >= 0.3 is 5.97 Å². The van der Waals surface area contributed by atoms with Crippen LogP contribution >= 0.6 is 0 Å². The number of ether oxygens (including phenoxy) is 1. The van der Waals surface area contributed by atoms with Crippen molar-refractivity contribution in [3.63, 3.8) is 0 Å². The highest BCUT2D eigenvalue weighted by atomic mass is 16.5. The highest BCUT2D eigenvalue weighted by Gasteiger charge is 2.18. The average molecular weight is 263 g/mol. The van der Waals surface area contributed by atoms with E-state index in [2.05, 4.69) is 27.0 Å². The van der Waals surface area contributed by atoms with Crippen LogP contribution in [0.25, 0.3) is 0 Å². The number of aromatic nitrogens is 1. The molecule has 1 aliphatic rings. The summed E-state index contributed by atoms with van der Waals surface area (Å²) in [5.41, 5.74) is 1.27. The van der Waals surface area contributed by atoms with Crippen LogP contribution in [-0.4, -0.2) is 49.1 Å². The van der Waals surface area contributed by atoms with E-state index in [9.17, 15) is 4.79 Å². The van der Waals surface area contributed by atoms with Gasteiger partial charge in [-0.3, -0.25) is 4.90 Å². The normalized spacial score (nSPS) is 19.4. The number of esters is 1. The number of piperidine rings is 1. The fourth-order valence-electron chi connectivity index (χ4n) is 2.38. The topological polar surface area (TPSA) is 54.5 Å². The zero-order valence-corrected chi connectivity index (χ0v) is 11.6. The lowest BCUT2D eigenvalue weighted by atomic mass is 10.1. The van der Waals surface area contributed by atoms with E-state index in [1.807, 2.05) is 12.1 Å². The number of carbonyl (C=O) groups excluding carboxylic acids is 1. The van der Waals surface area contributed by atoms with Crippen LogP contribution in [0.4, 0.5) is 0 Å². The molecule has 1 aliphatic heterocycles. The van der Waals surface area contributed by atoms with E-state index in [0.717, 1.165) is 25.3 Å². The van der Waals surface area contributed by atoms with E-state index in [-0.39, 0.29) is 5.97 Å². The van der Waals surface area contributed by atoms with Gasteiger partial charge in [0.05, 0.1) is 12.8 Å². The van der Waals surface area contributed by atoms with Crippen molar-refractivity contribution in [2.24, 2.45) is 0 Å². The zero-order chi connectivity index (χ0) is 13.7. The molecule has 1 saturated heterocycles. The minimum Gasteiger partial charge on any atom is -0.464 e. The minimum absolute atomic E-state index is 0.371. The van der Waals surface area contributed by atoms with Gasteiger partial charge in [-0.25, -0.2) is 9.78 Å². The second-order valence-corrected chi connectivity index (χ2v) is 4.92. The first-order chi connectivity index (χ1) is 9.20. The molecule has 1 unspecified atom stereocenters. The molecule has 1 aromatic heterocycles. The zero-order valence-electron chi connectivity index (χ0n) is 11.6. The smallest absolute Gasteiger partial charge is 0.356 e. The molecule has 19 heavy (non-hydrogen) atoms. The van der Waals surface area contributed by atoms with Gasteiger partial charge in [0.15, 0.2) is 0 Å². The molecule has 2 heterocycles. The van der Waals surface area contributed by atoms with E-state index < -0.39 is 0 Å². The van der Waals surface area contributed by atoms with Gasteiger partial charge in [-0.1, -0.05) is 6.07 Å². The van der Waals surface area contributed by atoms with Gasteiger partial charge in [-0.15, -0.1) is 0 Å². The number of rotatable bonds is 4. The first kappa shape index (κ1) is 14.0. The van der Waals surface area contributed by atoms with Crippen molar-refractivity contribution in [3.8, 4) is 0 Å². The highest BCUT2D eigenvalue weighted by molar-refractivity contribution is 5.87. The van der Waals surface area contributed by atoms with E-state index in [4.69, 9.17) is 0 Å². The Morgan fingerprint density at radius 1 is 1.58 bits per heavy atom. The summed E-state index contributed by atoms with van der Waals surface area (Å²) < 4.78 is 4.69. The molecule has 0 aromatic carbocycles. The van der Waals surface area contributed by atoms with Crippen LogP contribution in [0.15, 0.2) is 18.2 Å². The number of nitrogens with zero attached hydrogens (tertiary/aromatic N) is 2. The molecule has 0 bridgehead atoms. The summed E-state index contributed by atoms with van der Waals surface area (Å²) in [7, 11) is 3.47. The lowest BCUT2D eigenvalue weighted by Crippen LogP contribution is -2.43. The molecule has 1 atom stereocenters. The SMILES string of the molecule is COC(=O)c1cccc(CN(C)C2CCCNC2)n1. The predicted molar refractivity (Wildman–Crippen MR) is 72.9 cm³/mol. The Labute approximate surface area is 114 Å². The van der Waals surface area contributed by atoms with E-state index in [0.29, 0.717) is 11.7 Å². The molecule has 0 radical (unpaired) electrons. The molecule has 0 amide bonds. The minimum atomic E-state index is -0.385. The van der Waals surface area contributed by atoms with Gasteiger partial charge in [0.1, 0.15) is 5.69 Å². The maximum atomic E-state index is 11.4. The largest absolute Gasteiger partial charge is 0.464 e. The second kappa shape index (κ2) is 6.63. The molecule has 0 spiro atoms. The maximum absolute atomic E-state index is 11.4. The van der Waals surface area contributed by atoms with Crippen LogP contribution in [0, 0.1) is 0 Å². The summed E-state index contributed by atoms with van der Waals surface area (Å²) in [5, 5.41) is 3.40. The van der Waals surface area contributed by atoms with Crippen molar-refractivity contribution in [2.45, 2.75) is 25.4 Å². The molecular weight excluding hydrogens is 242 g/mol. The predicted octanol–water partition coefficient (Wildman–Crippen LogP) is 1.05. The number of methoxy groups -OCH3 is 1. The number of nitrogens with one attached hydrogen (secondary N) is 1. The van der Waals surface area contributed by atoms with Gasteiger partial charge in [-0.05, 0) is 38.6 Å². The molecule has 104 valence electrons. The molecule has 1 aromatic rings. The second-order valence-electron chi connectivity index (χ2n) is 4.92. The van der Waals surface area contributed by atoms with Gasteiger partial charge in [0, 0.05) is 19.1 Å². The van der Waals surface area contributed by atoms with E-state index >= 15 is 0 Å². The Kier molecular flexibility index (Phi) is 4.87. The van der Waals surface area contributed by atoms with Crippen LogP contribution in [0.5, 0.6) is 0 Å². The summed E-state index contributed by atoms with van der Waals surface area (Å²) in [4.78, 5) is 18.1. The third kappa shape index (κ3) is 3.75. The number of likely N-dealkylation sites (N-methyl/N-ethyl adjacent to an activating group) is 1. The first-order valence-electron chi connectivity index (χ1n) is 6.66. The fraction of sp³-hybridized carbons (Fsp3) is 0.571. The Morgan fingerprint density at radius 3 is 3.11 bits per heavy atom. The molecule has 1 fully saturated rings. The summed E-state index contributed by atoms with van der Waals surface area (Å²) in [6.07, 6.45) is 2.42. The molecule has 0 aliphatic carbocycles. The number of pyridine rings is 1. The average Bonchev–Trinajstić information content (AvgIpc) is 2.47. The van der Waals surface area contributed by atoms with Gasteiger partial charge < -0.3 is 10.1 Å². The fourth-order valence-corrected chi connectivity index (χ4v) is 2.38.